The third kappa shape index (κ3) is 4.46. The molecule has 0 saturated carbocycles. The Kier molecular flexibility index (Phi) is 5.17. The van der Waals surface area contributed by atoms with Crippen molar-refractivity contribution in [3.63, 3.8) is 0 Å². The summed E-state index contributed by atoms with van der Waals surface area (Å²) >= 11 is 6.05. The van der Waals surface area contributed by atoms with Crippen LogP contribution in [0.5, 0.6) is 5.75 Å². The normalized spacial score (nSPS) is 11.8. The zero-order valence-electron chi connectivity index (χ0n) is 12.0. The van der Waals surface area contributed by atoms with Crippen molar-refractivity contribution in [3.05, 3.63) is 58.9 Å². The van der Waals surface area contributed by atoms with E-state index in [-0.39, 0.29) is 5.91 Å². The number of halogens is 1. The Bertz CT molecular complexity index is 617. The molecular weight excluding hydrogens is 288 g/mol. The number of hydrogen-bond acceptors (Lipinski definition) is 3. The second-order valence-electron chi connectivity index (χ2n) is 4.73. The molecule has 1 atom stereocenters. The summed E-state index contributed by atoms with van der Waals surface area (Å²) in [4.78, 5) is 16.2. The lowest BCUT2D eigenvalue weighted by atomic mass is 10.2. The Balaban J connectivity index is 1.92. The highest BCUT2D eigenvalue weighted by molar-refractivity contribution is 6.32. The fourth-order valence-electron chi connectivity index (χ4n) is 1.77. The molecule has 0 spiro atoms. The quantitative estimate of drug-likeness (QED) is 0.923. The number of carbonyl (C=O) groups excluding carboxylic acids is 1. The Morgan fingerprint density at radius 1 is 1.38 bits per heavy atom. The van der Waals surface area contributed by atoms with Crippen molar-refractivity contribution < 1.29 is 9.53 Å². The van der Waals surface area contributed by atoms with E-state index in [9.17, 15) is 4.79 Å². The van der Waals surface area contributed by atoms with Gasteiger partial charge in [-0.15, -0.1) is 0 Å². The topological polar surface area (TPSA) is 51.2 Å². The largest absolute Gasteiger partial charge is 0.479 e. The van der Waals surface area contributed by atoms with E-state index in [0.29, 0.717) is 17.3 Å². The van der Waals surface area contributed by atoms with Gasteiger partial charge >= 0.3 is 0 Å². The fourth-order valence-corrected chi connectivity index (χ4v) is 1.93. The molecule has 5 heteroatoms. The highest BCUT2D eigenvalue weighted by atomic mass is 35.5. The lowest BCUT2D eigenvalue weighted by molar-refractivity contribution is -0.127. The minimum absolute atomic E-state index is 0.210. The minimum Gasteiger partial charge on any atom is -0.479 e. The van der Waals surface area contributed by atoms with Gasteiger partial charge in [0.15, 0.2) is 6.10 Å². The zero-order valence-corrected chi connectivity index (χ0v) is 12.7. The smallest absolute Gasteiger partial charge is 0.261 e. The summed E-state index contributed by atoms with van der Waals surface area (Å²) in [5.41, 5.74) is 1.82. The number of nitrogens with zero attached hydrogens (tertiary/aromatic N) is 1. The van der Waals surface area contributed by atoms with Crippen LogP contribution in [0.2, 0.25) is 5.02 Å². The van der Waals surface area contributed by atoms with Crippen LogP contribution in [-0.2, 0) is 11.3 Å². The number of amides is 1. The van der Waals surface area contributed by atoms with Gasteiger partial charge in [-0.25, -0.2) is 0 Å². The molecule has 0 fully saturated rings. The molecule has 1 amide bonds. The first kappa shape index (κ1) is 15.3. The Hall–Kier alpha value is -2.07. The van der Waals surface area contributed by atoms with Gasteiger partial charge in [0.2, 0.25) is 0 Å². The van der Waals surface area contributed by atoms with Crippen molar-refractivity contribution in [2.45, 2.75) is 26.5 Å². The van der Waals surface area contributed by atoms with Gasteiger partial charge in [0, 0.05) is 6.20 Å². The minimum atomic E-state index is -0.631. The van der Waals surface area contributed by atoms with Crippen molar-refractivity contribution in [3.8, 4) is 5.75 Å². The summed E-state index contributed by atoms with van der Waals surface area (Å²) in [7, 11) is 0. The van der Waals surface area contributed by atoms with E-state index < -0.39 is 6.10 Å². The standard InChI is InChI=1S/C16H17ClN2O2/c1-11-6-7-14(17)15(9-11)21-12(2)16(20)19-10-13-5-3-4-8-18-13/h3-9,12H,10H2,1-2H3,(H,19,20)/t12-/m0/s1. The predicted octanol–water partition coefficient (Wildman–Crippen LogP) is 3.13. The van der Waals surface area contributed by atoms with Crippen LogP contribution < -0.4 is 10.1 Å². The molecule has 110 valence electrons. The molecule has 1 aromatic carbocycles. The average molecular weight is 305 g/mol. The van der Waals surface area contributed by atoms with Crippen LogP contribution in [0, 0.1) is 6.92 Å². The second kappa shape index (κ2) is 7.09. The maximum absolute atomic E-state index is 12.0. The van der Waals surface area contributed by atoms with E-state index in [1.807, 2.05) is 37.3 Å². The molecule has 0 aliphatic carbocycles. The molecule has 21 heavy (non-hydrogen) atoms. The highest BCUT2D eigenvalue weighted by Crippen LogP contribution is 2.26. The molecule has 1 aromatic heterocycles. The lowest BCUT2D eigenvalue weighted by Crippen LogP contribution is -2.36. The van der Waals surface area contributed by atoms with E-state index >= 15 is 0 Å². The zero-order chi connectivity index (χ0) is 15.2. The number of benzene rings is 1. The van der Waals surface area contributed by atoms with Gasteiger partial charge in [0.25, 0.3) is 5.91 Å². The SMILES string of the molecule is Cc1ccc(Cl)c(O[C@@H](C)C(=O)NCc2ccccn2)c1. The van der Waals surface area contributed by atoms with E-state index in [1.165, 1.54) is 0 Å². The number of aryl methyl sites for hydroxylation is 1. The molecule has 0 aliphatic heterocycles. The Labute approximate surface area is 129 Å². The Morgan fingerprint density at radius 3 is 2.90 bits per heavy atom. The van der Waals surface area contributed by atoms with E-state index in [0.717, 1.165) is 11.3 Å². The van der Waals surface area contributed by atoms with Crippen LogP contribution in [0.3, 0.4) is 0 Å². The monoisotopic (exact) mass is 304 g/mol. The molecule has 2 aromatic rings. The van der Waals surface area contributed by atoms with Crippen molar-refractivity contribution >= 4 is 17.5 Å². The third-order valence-corrected chi connectivity index (χ3v) is 3.24. The number of carbonyl (C=O) groups is 1. The maximum Gasteiger partial charge on any atom is 0.261 e. The molecule has 0 unspecified atom stereocenters. The van der Waals surface area contributed by atoms with Crippen LogP contribution in [0.1, 0.15) is 18.2 Å². The molecule has 2 rings (SSSR count). The lowest BCUT2D eigenvalue weighted by Gasteiger charge is -2.16. The van der Waals surface area contributed by atoms with Gasteiger partial charge in [0.1, 0.15) is 5.75 Å². The van der Waals surface area contributed by atoms with Gasteiger partial charge in [-0.05, 0) is 43.7 Å². The van der Waals surface area contributed by atoms with Crippen LogP contribution in [-0.4, -0.2) is 17.0 Å². The molecule has 0 saturated heterocycles. The van der Waals surface area contributed by atoms with Gasteiger partial charge < -0.3 is 10.1 Å². The number of aromatic nitrogens is 1. The van der Waals surface area contributed by atoms with Crippen molar-refractivity contribution in [1.82, 2.24) is 10.3 Å². The van der Waals surface area contributed by atoms with Crippen molar-refractivity contribution in [2.24, 2.45) is 0 Å². The molecule has 1 heterocycles. The second-order valence-corrected chi connectivity index (χ2v) is 5.14. The predicted molar refractivity (Wildman–Crippen MR) is 82.4 cm³/mol. The van der Waals surface area contributed by atoms with Gasteiger partial charge in [-0.1, -0.05) is 23.7 Å². The molecule has 4 nitrogen and oxygen atoms in total. The molecule has 0 bridgehead atoms. The van der Waals surface area contributed by atoms with Crippen molar-refractivity contribution in [1.29, 1.82) is 0 Å². The van der Waals surface area contributed by atoms with Gasteiger partial charge in [-0.3, -0.25) is 9.78 Å². The van der Waals surface area contributed by atoms with Crippen LogP contribution >= 0.6 is 11.6 Å². The van der Waals surface area contributed by atoms with E-state index in [2.05, 4.69) is 10.3 Å². The summed E-state index contributed by atoms with van der Waals surface area (Å²) < 4.78 is 5.61. The number of ether oxygens (including phenoxy) is 1. The molecule has 0 aliphatic rings. The third-order valence-electron chi connectivity index (χ3n) is 2.93. The Morgan fingerprint density at radius 2 is 2.19 bits per heavy atom. The summed E-state index contributed by atoms with van der Waals surface area (Å²) in [6, 6.07) is 11.0. The number of rotatable bonds is 5. The number of hydrogen-bond donors (Lipinski definition) is 1. The first-order chi connectivity index (χ1) is 10.1. The molecule has 1 N–H and O–H groups in total. The van der Waals surface area contributed by atoms with E-state index in [4.69, 9.17) is 16.3 Å². The van der Waals surface area contributed by atoms with E-state index in [1.54, 1.807) is 19.2 Å². The van der Waals surface area contributed by atoms with Crippen LogP contribution in [0.15, 0.2) is 42.6 Å². The summed E-state index contributed by atoms with van der Waals surface area (Å²) in [5.74, 6) is 0.301. The first-order valence-corrected chi connectivity index (χ1v) is 7.04. The van der Waals surface area contributed by atoms with Gasteiger partial charge in [-0.2, -0.15) is 0 Å². The molecular formula is C16H17ClN2O2. The summed E-state index contributed by atoms with van der Waals surface area (Å²) in [6.07, 6.45) is 1.06. The number of pyridine rings is 1. The highest BCUT2D eigenvalue weighted by Gasteiger charge is 2.16. The maximum atomic E-state index is 12.0. The van der Waals surface area contributed by atoms with Crippen molar-refractivity contribution in [2.75, 3.05) is 0 Å². The van der Waals surface area contributed by atoms with Crippen LogP contribution in [0.25, 0.3) is 0 Å². The van der Waals surface area contributed by atoms with Crippen LogP contribution in [0.4, 0.5) is 0 Å². The summed E-state index contributed by atoms with van der Waals surface area (Å²) in [5, 5.41) is 3.27. The average Bonchev–Trinajstić information content (AvgIpc) is 2.49. The first-order valence-electron chi connectivity index (χ1n) is 6.66. The fraction of sp³-hybridized carbons (Fsp3) is 0.250. The molecule has 0 radical (unpaired) electrons. The summed E-state index contributed by atoms with van der Waals surface area (Å²) in [6.45, 7) is 4.00. The number of nitrogens with one attached hydrogen (secondary N) is 1. The van der Waals surface area contributed by atoms with Gasteiger partial charge in [0.05, 0.1) is 17.3 Å².